The third kappa shape index (κ3) is 4.95. The summed E-state index contributed by atoms with van der Waals surface area (Å²) < 4.78 is 5.89. The molecule has 0 spiro atoms. The van der Waals surface area contributed by atoms with Crippen LogP contribution in [0.15, 0.2) is 60.7 Å². The molecule has 1 amide bonds. The van der Waals surface area contributed by atoms with E-state index in [1.54, 1.807) is 0 Å². The van der Waals surface area contributed by atoms with E-state index in [-0.39, 0.29) is 11.8 Å². The van der Waals surface area contributed by atoms with Gasteiger partial charge in [-0.2, -0.15) is 0 Å². The average molecular weight is 351 g/mol. The molecule has 3 nitrogen and oxygen atoms in total. The van der Waals surface area contributed by atoms with Gasteiger partial charge < -0.3 is 9.64 Å². The zero-order valence-electron chi connectivity index (χ0n) is 15.6. The maximum absolute atomic E-state index is 12.9. The van der Waals surface area contributed by atoms with Gasteiger partial charge in [0.05, 0.1) is 12.5 Å². The number of piperidine rings is 1. The molecule has 0 radical (unpaired) electrons. The molecule has 1 fully saturated rings. The molecule has 138 valence electrons. The number of carbonyl (C=O) groups excluding carboxylic acids is 1. The van der Waals surface area contributed by atoms with E-state index in [9.17, 15) is 4.79 Å². The molecule has 1 atom stereocenters. The predicted octanol–water partition coefficient (Wildman–Crippen LogP) is 4.64. The first-order valence-corrected chi connectivity index (χ1v) is 9.73. The number of carbonyl (C=O) groups is 1. The van der Waals surface area contributed by atoms with Crippen molar-refractivity contribution in [1.29, 1.82) is 0 Å². The first kappa shape index (κ1) is 18.7. The van der Waals surface area contributed by atoms with Gasteiger partial charge in [0.25, 0.3) is 0 Å². The summed E-state index contributed by atoms with van der Waals surface area (Å²) in [4.78, 5) is 15.0. The van der Waals surface area contributed by atoms with Crippen LogP contribution in [-0.2, 0) is 16.1 Å². The lowest BCUT2D eigenvalue weighted by molar-refractivity contribution is -0.134. The van der Waals surface area contributed by atoms with Crippen LogP contribution in [0, 0.1) is 5.92 Å². The van der Waals surface area contributed by atoms with Crippen molar-refractivity contribution < 1.29 is 9.53 Å². The second-order valence-electron chi connectivity index (χ2n) is 7.14. The van der Waals surface area contributed by atoms with E-state index in [4.69, 9.17) is 4.74 Å². The number of rotatable bonds is 7. The SMILES string of the molecule is CCC(C(=O)N1CCC(COCc2ccccc2)CC1)c1ccccc1. The molecular weight excluding hydrogens is 322 g/mol. The largest absolute Gasteiger partial charge is 0.376 e. The zero-order valence-corrected chi connectivity index (χ0v) is 15.6. The molecule has 0 aromatic heterocycles. The number of nitrogens with zero attached hydrogens (tertiary/aromatic N) is 1. The number of benzene rings is 2. The maximum atomic E-state index is 12.9. The fourth-order valence-electron chi connectivity index (χ4n) is 3.70. The minimum Gasteiger partial charge on any atom is -0.376 e. The van der Waals surface area contributed by atoms with Crippen LogP contribution < -0.4 is 0 Å². The van der Waals surface area contributed by atoms with E-state index < -0.39 is 0 Å². The summed E-state index contributed by atoms with van der Waals surface area (Å²) in [6, 6.07) is 20.5. The van der Waals surface area contributed by atoms with Crippen LogP contribution in [0.25, 0.3) is 0 Å². The Bertz CT molecular complexity index is 663. The maximum Gasteiger partial charge on any atom is 0.230 e. The van der Waals surface area contributed by atoms with Crippen LogP contribution in [0.2, 0.25) is 0 Å². The monoisotopic (exact) mass is 351 g/mol. The molecule has 0 N–H and O–H groups in total. The Kier molecular flexibility index (Phi) is 6.84. The standard InChI is InChI=1S/C23H29NO2/c1-2-22(21-11-7-4-8-12-21)23(25)24-15-13-20(14-16-24)18-26-17-19-9-5-3-6-10-19/h3-12,20,22H,2,13-18H2,1H3. The van der Waals surface area contributed by atoms with E-state index in [0.29, 0.717) is 12.5 Å². The molecule has 1 aliphatic heterocycles. The fourth-order valence-corrected chi connectivity index (χ4v) is 3.70. The van der Waals surface area contributed by atoms with E-state index >= 15 is 0 Å². The van der Waals surface area contributed by atoms with Gasteiger partial charge in [-0.3, -0.25) is 4.79 Å². The minimum atomic E-state index is -0.0120. The van der Waals surface area contributed by atoms with Crippen LogP contribution in [0.4, 0.5) is 0 Å². The molecule has 0 bridgehead atoms. The number of ether oxygens (including phenoxy) is 1. The predicted molar refractivity (Wildman–Crippen MR) is 105 cm³/mol. The van der Waals surface area contributed by atoms with Gasteiger partial charge >= 0.3 is 0 Å². The molecule has 26 heavy (non-hydrogen) atoms. The van der Waals surface area contributed by atoms with Crippen molar-refractivity contribution in [2.75, 3.05) is 19.7 Å². The summed E-state index contributed by atoms with van der Waals surface area (Å²) in [6.45, 7) is 5.25. The van der Waals surface area contributed by atoms with Crippen LogP contribution in [-0.4, -0.2) is 30.5 Å². The summed E-state index contributed by atoms with van der Waals surface area (Å²) in [5, 5.41) is 0. The summed E-state index contributed by atoms with van der Waals surface area (Å²) >= 11 is 0. The summed E-state index contributed by atoms with van der Waals surface area (Å²) in [7, 11) is 0. The first-order valence-electron chi connectivity index (χ1n) is 9.73. The normalized spacial score (nSPS) is 16.4. The molecule has 1 unspecified atom stereocenters. The molecule has 2 aromatic carbocycles. The molecular formula is C23H29NO2. The van der Waals surface area contributed by atoms with Crippen LogP contribution >= 0.6 is 0 Å². The highest BCUT2D eigenvalue weighted by Crippen LogP contribution is 2.25. The van der Waals surface area contributed by atoms with Gasteiger partial charge in [-0.1, -0.05) is 67.6 Å². The number of hydrogen-bond donors (Lipinski definition) is 0. The van der Waals surface area contributed by atoms with Crippen LogP contribution in [0.5, 0.6) is 0 Å². The van der Waals surface area contributed by atoms with Gasteiger partial charge in [-0.15, -0.1) is 0 Å². The van der Waals surface area contributed by atoms with E-state index in [2.05, 4.69) is 36.1 Å². The second kappa shape index (κ2) is 9.54. The fraction of sp³-hybridized carbons (Fsp3) is 0.435. The molecule has 3 rings (SSSR count). The quantitative estimate of drug-likeness (QED) is 0.727. The third-order valence-corrected chi connectivity index (χ3v) is 5.30. The molecule has 2 aromatic rings. The van der Waals surface area contributed by atoms with Crippen LogP contribution in [0.1, 0.15) is 43.2 Å². The zero-order chi connectivity index (χ0) is 18.2. The van der Waals surface area contributed by atoms with Gasteiger partial charge in [-0.05, 0) is 36.3 Å². The molecule has 0 aliphatic carbocycles. The lowest BCUT2D eigenvalue weighted by Gasteiger charge is -2.34. The van der Waals surface area contributed by atoms with Crippen molar-refractivity contribution in [3.05, 3.63) is 71.8 Å². The molecule has 1 heterocycles. The molecule has 1 saturated heterocycles. The van der Waals surface area contributed by atoms with Crippen molar-refractivity contribution in [3.8, 4) is 0 Å². The first-order chi connectivity index (χ1) is 12.8. The Labute approximate surface area is 157 Å². The van der Waals surface area contributed by atoms with Gasteiger partial charge in [0.2, 0.25) is 5.91 Å². The highest BCUT2D eigenvalue weighted by Gasteiger charge is 2.28. The van der Waals surface area contributed by atoms with Crippen molar-refractivity contribution in [2.24, 2.45) is 5.92 Å². The summed E-state index contributed by atoms with van der Waals surface area (Å²) in [5.41, 5.74) is 2.35. The second-order valence-corrected chi connectivity index (χ2v) is 7.14. The Balaban J connectivity index is 1.44. The van der Waals surface area contributed by atoms with Crippen molar-refractivity contribution >= 4 is 5.91 Å². The highest BCUT2D eigenvalue weighted by atomic mass is 16.5. The number of amides is 1. The summed E-state index contributed by atoms with van der Waals surface area (Å²) in [6.07, 6.45) is 2.92. The van der Waals surface area contributed by atoms with Gasteiger partial charge in [-0.25, -0.2) is 0 Å². The van der Waals surface area contributed by atoms with Crippen LogP contribution in [0.3, 0.4) is 0 Å². The Morgan fingerprint density at radius 1 is 1.04 bits per heavy atom. The van der Waals surface area contributed by atoms with E-state index in [0.717, 1.165) is 44.5 Å². The van der Waals surface area contributed by atoms with E-state index in [1.165, 1.54) is 5.56 Å². The third-order valence-electron chi connectivity index (χ3n) is 5.30. The Morgan fingerprint density at radius 3 is 2.27 bits per heavy atom. The average Bonchev–Trinajstić information content (AvgIpc) is 2.71. The van der Waals surface area contributed by atoms with Crippen molar-refractivity contribution in [1.82, 2.24) is 4.90 Å². The number of hydrogen-bond acceptors (Lipinski definition) is 2. The van der Waals surface area contributed by atoms with Gasteiger partial charge in [0.1, 0.15) is 0 Å². The Morgan fingerprint density at radius 2 is 1.65 bits per heavy atom. The minimum absolute atomic E-state index is 0.0120. The van der Waals surface area contributed by atoms with Crippen molar-refractivity contribution in [3.63, 3.8) is 0 Å². The summed E-state index contributed by atoms with van der Waals surface area (Å²) in [5.74, 6) is 0.823. The lowest BCUT2D eigenvalue weighted by Crippen LogP contribution is -2.41. The Hall–Kier alpha value is -2.13. The highest BCUT2D eigenvalue weighted by molar-refractivity contribution is 5.83. The topological polar surface area (TPSA) is 29.5 Å². The lowest BCUT2D eigenvalue weighted by atomic mass is 9.92. The van der Waals surface area contributed by atoms with Gasteiger partial charge in [0.15, 0.2) is 0 Å². The van der Waals surface area contributed by atoms with E-state index in [1.807, 2.05) is 36.4 Å². The smallest absolute Gasteiger partial charge is 0.230 e. The molecule has 3 heteroatoms. The number of likely N-dealkylation sites (tertiary alicyclic amines) is 1. The van der Waals surface area contributed by atoms with Gasteiger partial charge in [0, 0.05) is 19.7 Å². The molecule has 0 saturated carbocycles. The van der Waals surface area contributed by atoms with Crippen molar-refractivity contribution in [2.45, 2.75) is 38.7 Å². The molecule has 1 aliphatic rings.